The Morgan fingerprint density at radius 1 is 0.756 bits per heavy atom. The zero-order valence-corrected chi connectivity index (χ0v) is 26.5. The first-order valence-corrected chi connectivity index (χ1v) is 15.0. The Morgan fingerprint density at radius 3 is 2.18 bits per heavy atom. The summed E-state index contributed by atoms with van der Waals surface area (Å²) in [6.45, 7) is 17.8. The minimum Gasteiger partial charge on any atom is -0.507 e. The van der Waals surface area contributed by atoms with Gasteiger partial charge < -0.3 is 9.95 Å². The number of nitrogens with zero attached hydrogens (tertiary/aromatic N) is 4. The molecule has 5 heteroatoms. The Hall–Kier alpha value is -5.21. The summed E-state index contributed by atoms with van der Waals surface area (Å²) >= 11 is 0. The number of aryl methyl sites for hydroxylation is 1. The van der Waals surface area contributed by atoms with E-state index in [4.69, 9.17) is 15.7 Å². The highest BCUT2D eigenvalue weighted by atomic mass is 16.3. The molecule has 2 aromatic heterocycles. The van der Waals surface area contributed by atoms with Crippen molar-refractivity contribution in [2.45, 2.75) is 59.2 Å². The molecule has 0 fully saturated rings. The van der Waals surface area contributed by atoms with Crippen LogP contribution in [0.1, 0.15) is 62.3 Å². The van der Waals surface area contributed by atoms with E-state index in [9.17, 15) is 5.11 Å². The van der Waals surface area contributed by atoms with E-state index in [1.54, 1.807) is 30.3 Å². The molecule has 2 heterocycles. The van der Waals surface area contributed by atoms with Crippen molar-refractivity contribution < 1.29 is 9.22 Å². The second-order valence-electron chi connectivity index (χ2n) is 13.5. The molecule has 0 atom stereocenters. The zero-order valence-electron chi connectivity index (χ0n) is 29.5. The van der Waals surface area contributed by atoms with Gasteiger partial charge in [-0.1, -0.05) is 96.6 Å². The molecule has 6 rings (SSSR count). The Labute approximate surface area is 269 Å². The van der Waals surface area contributed by atoms with Gasteiger partial charge in [-0.2, -0.15) is 0 Å². The van der Waals surface area contributed by atoms with Gasteiger partial charge in [-0.25, -0.2) is 4.98 Å². The van der Waals surface area contributed by atoms with Crippen LogP contribution in [0, 0.1) is 13.4 Å². The van der Waals surface area contributed by atoms with Crippen LogP contribution in [0.25, 0.3) is 55.3 Å². The number of phenolic OH excluding ortho intramolecular Hbond substituents is 1. The number of para-hydroxylation sites is 2. The van der Waals surface area contributed by atoms with Crippen molar-refractivity contribution in [2.24, 2.45) is 0 Å². The number of imidazole rings is 1. The molecule has 0 aliphatic rings. The molecule has 4 aromatic carbocycles. The van der Waals surface area contributed by atoms with Crippen LogP contribution in [-0.2, 0) is 10.8 Å². The van der Waals surface area contributed by atoms with E-state index in [1.807, 2.05) is 60.7 Å². The van der Waals surface area contributed by atoms with Gasteiger partial charge >= 0.3 is 0 Å². The maximum absolute atomic E-state index is 11.9. The Morgan fingerprint density at radius 2 is 1.49 bits per heavy atom. The van der Waals surface area contributed by atoms with Crippen LogP contribution in [0.4, 0.5) is 5.82 Å². The average molecular weight is 594 g/mol. The molecule has 224 valence electrons. The van der Waals surface area contributed by atoms with Crippen LogP contribution in [0.3, 0.4) is 0 Å². The Balaban J connectivity index is 1.70. The van der Waals surface area contributed by atoms with Crippen molar-refractivity contribution >= 4 is 16.9 Å². The second-order valence-corrected chi connectivity index (χ2v) is 13.5. The summed E-state index contributed by atoms with van der Waals surface area (Å²) < 4.78 is 26.9. The fraction of sp³-hybridized carbons (Fsp3) is 0.225. The van der Waals surface area contributed by atoms with Gasteiger partial charge in [0, 0.05) is 26.5 Å². The van der Waals surface area contributed by atoms with E-state index in [2.05, 4.69) is 62.0 Å². The fourth-order valence-electron chi connectivity index (χ4n) is 5.74. The van der Waals surface area contributed by atoms with Gasteiger partial charge in [0.2, 0.25) is 0 Å². The first-order chi connectivity index (χ1) is 22.6. The smallest absolute Gasteiger partial charge is 0.270 e. The summed E-state index contributed by atoms with van der Waals surface area (Å²) in [6.07, 6.45) is 0. The number of aromatic nitrogens is 3. The van der Waals surface area contributed by atoms with E-state index in [1.165, 1.54) is 0 Å². The van der Waals surface area contributed by atoms with E-state index in [0.717, 1.165) is 27.9 Å². The third-order valence-corrected chi connectivity index (χ3v) is 8.11. The van der Waals surface area contributed by atoms with Crippen molar-refractivity contribution in [1.29, 1.82) is 0 Å². The lowest BCUT2D eigenvalue weighted by molar-refractivity contribution is 0.446. The molecule has 6 aromatic rings. The maximum atomic E-state index is 11.9. The Bertz CT molecular complexity index is 2210. The Kier molecular flexibility index (Phi) is 6.44. The lowest BCUT2D eigenvalue weighted by atomic mass is 9.79. The van der Waals surface area contributed by atoms with Crippen molar-refractivity contribution in [3.8, 4) is 45.2 Å². The van der Waals surface area contributed by atoms with Crippen molar-refractivity contribution in [1.82, 2.24) is 14.5 Å². The van der Waals surface area contributed by atoms with E-state index < -0.39 is 6.85 Å². The normalized spacial score (nSPS) is 13.2. The molecule has 0 aliphatic carbocycles. The summed E-state index contributed by atoms with van der Waals surface area (Å²) in [6, 6.07) is 30.3. The predicted molar refractivity (Wildman–Crippen MR) is 185 cm³/mol. The van der Waals surface area contributed by atoms with Gasteiger partial charge in [-0.05, 0) is 82.9 Å². The number of pyridine rings is 1. The zero-order chi connectivity index (χ0) is 34.6. The largest absolute Gasteiger partial charge is 0.507 e. The lowest BCUT2D eigenvalue weighted by Gasteiger charge is -2.27. The predicted octanol–water partition coefficient (Wildman–Crippen LogP) is 10.6. The van der Waals surface area contributed by atoms with Gasteiger partial charge in [0.05, 0.1) is 16.6 Å². The fourth-order valence-corrected chi connectivity index (χ4v) is 5.74. The molecule has 0 saturated carbocycles. The molecular weight excluding hydrogens is 552 g/mol. The standard InChI is InChI=1S/C40H38N4O/c1-25-20-26(22-27(21-25)33-17-13-19-35(41-8)42-33)30-16-12-18-34-36(30)43-38(44(34)29-14-10-9-11-15-29)31-23-28(39(2,3)4)24-32(37(31)45)40(5,6)7/h9-24,45H,1-7H3/i1D3. The number of phenols is 1. The van der Waals surface area contributed by atoms with Crippen molar-refractivity contribution in [2.75, 3.05) is 0 Å². The molecule has 0 radical (unpaired) electrons. The SMILES string of the molecule is [2H]C([2H])([2H])c1cc(-c2cccc([N+]#[C-])n2)cc(-c2cccc3c2nc(-c2cc(C(C)(C)C)cc(C(C)(C)C)c2O)n3-c2ccccc2)c1. The summed E-state index contributed by atoms with van der Waals surface area (Å²) in [5.41, 5.74) is 7.01. The molecule has 0 bridgehead atoms. The lowest BCUT2D eigenvalue weighted by Crippen LogP contribution is -2.17. The van der Waals surface area contributed by atoms with Gasteiger partial charge in [-0.15, -0.1) is 4.98 Å². The van der Waals surface area contributed by atoms with Gasteiger partial charge in [0.25, 0.3) is 5.82 Å². The first-order valence-electron chi connectivity index (χ1n) is 16.5. The van der Waals surface area contributed by atoms with E-state index in [-0.39, 0.29) is 28.0 Å². The molecule has 0 unspecified atom stereocenters. The monoisotopic (exact) mass is 593 g/mol. The van der Waals surface area contributed by atoms with Crippen LogP contribution < -0.4 is 0 Å². The average Bonchev–Trinajstić information content (AvgIpc) is 3.43. The quantitative estimate of drug-likeness (QED) is 0.207. The molecule has 0 amide bonds. The minimum absolute atomic E-state index is 0.162. The maximum Gasteiger partial charge on any atom is 0.270 e. The number of aromatic hydroxyl groups is 1. The molecule has 0 spiro atoms. The molecule has 0 saturated heterocycles. The highest BCUT2D eigenvalue weighted by molar-refractivity contribution is 5.96. The van der Waals surface area contributed by atoms with E-state index >= 15 is 0 Å². The van der Waals surface area contributed by atoms with Gasteiger partial charge in [-0.3, -0.25) is 4.57 Å². The van der Waals surface area contributed by atoms with Gasteiger partial charge in [0.15, 0.2) is 5.69 Å². The van der Waals surface area contributed by atoms with Crippen molar-refractivity contribution in [3.05, 3.63) is 125 Å². The number of hydrogen-bond acceptors (Lipinski definition) is 3. The van der Waals surface area contributed by atoms with Crippen LogP contribution >= 0.6 is 0 Å². The minimum atomic E-state index is -2.38. The molecule has 5 nitrogen and oxygen atoms in total. The number of benzene rings is 4. The van der Waals surface area contributed by atoms with Crippen LogP contribution in [-0.4, -0.2) is 19.6 Å². The molecule has 0 aliphatic heterocycles. The van der Waals surface area contributed by atoms with Crippen LogP contribution in [0.15, 0.2) is 97.1 Å². The molecule has 45 heavy (non-hydrogen) atoms. The van der Waals surface area contributed by atoms with E-state index in [0.29, 0.717) is 33.7 Å². The molecule has 1 N–H and O–H groups in total. The number of rotatable bonds is 4. The third kappa shape index (κ3) is 5.60. The summed E-state index contributed by atoms with van der Waals surface area (Å²) in [5, 5.41) is 11.9. The summed E-state index contributed by atoms with van der Waals surface area (Å²) in [5.74, 6) is 0.993. The highest BCUT2D eigenvalue weighted by Crippen LogP contribution is 2.44. The summed E-state index contributed by atoms with van der Waals surface area (Å²) in [4.78, 5) is 13.2. The van der Waals surface area contributed by atoms with Gasteiger partial charge in [0.1, 0.15) is 11.6 Å². The van der Waals surface area contributed by atoms with Crippen LogP contribution in [0.5, 0.6) is 5.75 Å². The summed E-state index contributed by atoms with van der Waals surface area (Å²) in [7, 11) is 0. The first kappa shape index (κ1) is 26.2. The topological polar surface area (TPSA) is 55.3 Å². The van der Waals surface area contributed by atoms with Crippen LogP contribution in [0.2, 0.25) is 0 Å². The number of fused-ring (bicyclic) bond motifs is 1. The van der Waals surface area contributed by atoms with Crippen molar-refractivity contribution in [3.63, 3.8) is 0 Å². The highest BCUT2D eigenvalue weighted by Gasteiger charge is 2.28. The molecular formula is C40H38N4O. The number of hydrogen-bond donors (Lipinski definition) is 1. The second kappa shape index (κ2) is 11.1. The third-order valence-electron chi connectivity index (χ3n) is 8.11.